The summed E-state index contributed by atoms with van der Waals surface area (Å²) in [6.45, 7) is 4.24. The lowest BCUT2D eigenvalue weighted by Gasteiger charge is -2.08. The van der Waals surface area contributed by atoms with Gasteiger partial charge in [0.25, 0.3) is 0 Å². The van der Waals surface area contributed by atoms with Crippen molar-refractivity contribution in [3.63, 3.8) is 0 Å². The van der Waals surface area contributed by atoms with E-state index in [1.165, 1.54) is 11.3 Å². The summed E-state index contributed by atoms with van der Waals surface area (Å²) in [5.41, 5.74) is 2.43. The Balaban J connectivity index is 2.09. The molecule has 4 heteroatoms. The summed E-state index contributed by atoms with van der Waals surface area (Å²) in [6.07, 6.45) is 2.11. The Morgan fingerprint density at radius 2 is 1.96 bits per heavy atom. The molecule has 2 aromatic rings. The molecule has 0 saturated heterocycles. The molecule has 1 aromatic heterocycles. The average molecular weight is 328 g/mol. The number of carbonyl (C=O) groups is 2. The second-order valence-corrected chi connectivity index (χ2v) is 7.60. The van der Waals surface area contributed by atoms with E-state index in [9.17, 15) is 14.7 Å². The lowest BCUT2D eigenvalue weighted by molar-refractivity contribution is -0.138. The Hall–Kier alpha value is -1.94. The zero-order valence-electron chi connectivity index (χ0n) is 13.3. The molecular weight excluding hydrogens is 308 g/mol. The van der Waals surface area contributed by atoms with Crippen molar-refractivity contribution in [2.75, 3.05) is 0 Å². The number of fused-ring (bicyclic) bond motifs is 1. The van der Waals surface area contributed by atoms with Crippen LogP contribution in [0.1, 0.15) is 57.4 Å². The number of benzene rings is 1. The van der Waals surface area contributed by atoms with Crippen LogP contribution >= 0.6 is 11.3 Å². The largest absolute Gasteiger partial charge is 0.481 e. The van der Waals surface area contributed by atoms with Gasteiger partial charge in [-0.2, -0.15) is 0 Å². The van der Waals surface area contributed by atoms with Crippen LogP contribution < -0.4 is 0 Å². The van der Waals surface area contributed by atoms with E-state index in [1.54, 1.807) is 0 Å². The van der Waals surface area contributed by atoms with Gasteiger partial charge in [-0.25, -0.2) is 0 Å². The van der Waals surface area contributed by atoms with Gasteiger partial charge in [-0.3, -0.25) is 9.59 Å². The number of carboxylic acid groups (broad SMARTS) is 1. The molecule has 0 fully saturated rings. The van der Waals surface area contributed by atoms with E-state index in [0.29, 0.717) is 24.3 Å². The molecule has 0 bridgehead atoms. The quantitative estimate of drug-likeness (QED) is 0.833. The molecule has 1 unspecified atom stereocenters. The van der Waals surface area contributed by atoms with Crippen LogP contribution in [0.25, 0.3) is 0 Å². The normalized spacial score (nSPS) is 16.6. The number of carboxylic acids is 1. The van der Waals surface area contributed by atoms with Crippen molar-refractivity contribution >= 4 is 23.1 Å². The van der Waals surface area contributed by atoms with Crippen LogP contribution in [0.5, 0.6) is 0 Å². The SMILES string of the molecule is CC(C)Cc1sc2c(c1C(=O)c1ccccc1)CCC2C(=O)O. The molecule has 1 N–H and O–H groups in total. The van der Waals surface area contributed by atoms with Gasteiger partial charge in [0.15, 0.2) is 5.78 Å². The maximum Gasteiger partial charge on any atom is 0.311 e. The fraction of sp³-hybridized carbons (Fsp3) is 0.368. The second kappa shape index (κ2) is 6.28. The highest BCUT2D eigenvalue weighted by Gasteiger charge is 2.36. The monoisotopic (exact) mass is 328 g/mol. The standard InChI is InChI=1S/C19H20O3S/c1-11(2)10-15-16(17(20)12-6-4-3-5-7-12)13-8-9-14(19(21)22)18(13)23-15/h3-7,11,14H,8-10H2,1-2H3,(H,21,22). The third kappa shape index (κ3) is 2.95. The number of carbonyl (C=O) groups excluding carboxylic acids is 1. The van der Waals surface area contributed by atoms with Crippen LogP contribution in [0, 0.1) is 5.92 Å². The maximum atomic E-state index is 13.0. The van der Waals surface area contributed by atoms with Gasteiger partial charge >= 0.3 is 5.97 Å². The smallest absolute Gasteiger partial charge is 0.311 e. The van der Waals surface area contributed by atoms with E-state index in [1.807, 2.05) is 30.3 Å². The number of thiophene rings is 1. The van der Waals surface area contributed by atoms with Gasteiger partial charge in [0.05, 0.1) is 5.92 Å². The van der Waals surface area contributed by atoms with Crippen molar-refractivity contribution in [1.29, 1.82) is 0 Å². The third-order valence-corrected chi connectivity index (χ3v) is 5.63. The topological polar surface area (TPSA) is 54.4 Å². The molecule has 3 rings (SSSR count). The lowest BCUT2D eigenvalue weighted by Crippen LogP contribution is -2.07. The first-order valence-corrected chi connectivity index (χ1v) is 8.77. The molecule has 3 nitrogen and oxygen atoms in total. The van der Waals surface area contributed by atoms with Gasteiger partial charge in [0.1, 0.15) is 0 Å². The first kappa shape index (κ1) is 15.9. The van der Waals surface area contributed by atoms with Crippen LogP contribution in [-0.2, 0) is 17.6 Å². The van der Waals surface area contributed by atoms with E-state index in [2.05, 4.69) is 13.8 Å². The van der Waals surface area contributed by atoms with Crippen LogP contribution in [0.3, 0.4) is 0 Å². The Morgan fingerprint density at radius 3 is 2.57 bits per heavy atom. The second-order valence-electron chi connectivity index (χ2n) is 6.47. The molecule has 1 aliphatic carbocycles. The molecule has 0 saturated carbocycles. The van der Waals surface area contributed by atoms with E-state index in [0.717, 1.165) is 27.3 Å². The summed E-state index contributed by atoms with van der Waals surface area (Å²) in [7, 11) is 0. The molecule has 120 valence electrons. The molecular formula is C19H20O3S. The Morgan fingerprint density at radius 1 is 1.26 bits per heavy atom. The average Bonchev–Trinajstić information content (AvgIpc) is 3.05. The highest BCUT2D eigenvalue weighted by atomic mass is 32.1. The highest BCUT2D eigenvalue weighted by Crippen LogP contribution is 2.44. The van der Waals surface area contributed by atoms with Crippen LogP contribution in [-0.4, -0.2) is 16.9 Å². The summed E-state index contributed by atoms with van der Waals surface area (Å²) >= 11 is 1.53. The molecule has 0 amide bonds. The summed E-state index contributed by atoms with van der Waals surface area (Å²) in [4.78, 5) is 26.4. The minimum atomic E-state index is -0.778. The minimum Gasteiger partial charge on any atom is -0.481 e. The zero-order chi connectivity index (χ0) is 16.6. The van der Waals surface area contributed by atoms with Crippen LogP contribution in [0.2, 0.25) is 0 Å². The summed E-state index contributed by atoms with van der Waals surface area (Å²) in [5.74, 6) is -0.762. The number of aliphatic carboxylic acids is 1. The fourth-order valence-corrected chi connectivity index (χ4v) is 4.92. The number of hydrogen-bond donors (Lipinski definition) is 1. The summed E-state index contributed by atoms with van der Waals surface area (Å²) in [6, 6.07) is 9.28. The Kier molecular flexibility index (Phi) is 4.35. The highest BCUT2D eigenvalue weighted by molar-refractivity contribution is 7.12. The zero-order valence-corrected chi connectivity index (χ0v) is 14.2. The molecule has 23 heavy (non-hydrogen) atoms. The third-order valence-electron chi connectivity index (χ3n) is 4.27. The van der Waals surface area contributed by atoms with Crippen LogP contribution in [0.15, 0.2) is 30.3 Å². The van der Waals surface area contributed by atoms with Gasteiger partial charge in [0, 0.05) is 20.9 Å². The molecule has 1 atom stereocenters. The van der Waals surface area contributed by atoms with Crippen molar-refractivity contribution in [3.8, 4) is 0 Å². The van der Waals surface area contributed by atoms with Crippen molar-refractivity contribution < 1.29 is 14.7 Å². The summed E-state index contributed by atoms with van der Waals surface area (Å²) < 4.78 is 0. The fourth-order valence-electron chi connectivity index (χ4n) is 3.23. The van der Waals surface area contributed by atoms with Crippen LogP contribution in [0.4, 0.5) is 0 Å². The molecule has 0 radical (unpaired) electrons. The minimum absolute atomic E-state index is 0.0322. The van der Waals surface area contributed by atoms with E-state index < -0.39 is 11.9 Å². The van der Waals surface area contributed by atoms with E-state index in [4.69, 9.17) is 0 Å². The lowest BCUT2D eigenvalue weighted by atomic mass is 9.96. The first-order valence-electron chi connectivity index (χ1n) is 7.96. The number of ketones is 1. The maximum absolute atomic E-state index is 13.0. The predicted octanol–water partition coefficient (Wildman–Crippen LogP) is 4.29. The van der Waals surface area contributed by atoms with Gasteiger partial charge in [-0.1, -0.05) is 44.2 Å². The summed E-state index contributed by atoms with van der Waals surface area (Å²) in [5, 5.41) is 9.42. The molecule has 1 heterocycles. The first-order chi connectivity index (χ1) is 11.0. The molecule has 1 aliphatic rings. The van der Waals surface area contributed by atoms with Gasteiger partial charge in [-0.15, -0.1) is 11.3 Å². The van der Waals surface area contributed by atoms with Gasteiger partial charge in [0.2, 0.25) is 0 Å². The Bertz CT molecular complexity index is 743. The van der Waals surface area contributed by atoms with Crippen molar-refractivity contribution in [2.24, 2.45) is 5.92 Å². The van der Waals surface area contributed by atoms with Crippen molar-refractivity contribution in [2.45, 2.75) is 39.0 Å². The Labute approximate surface area is 140 Å². The van der Waals surface area contributed by atoms with E-state index >= 15 is 0 Å². The number of hydrogen-bond acceptors (Lipinski definition) is 3. The van der Waals surface area contributed by atoms with Gasteiger partial charge in [-0.05, 0) is 30.7 Å². The molecule has 0 spiro atoms. The van der Waals surface area contributed by atoms with Gasteiger partial charge < -0.3 is 5.11 Å². The predicted molar refractivity (Wildman–Crippen MR) is 91.4 cm³/mol. The van der Waals surface area contributed by atoms with Crippen molar-refractivity contribution in [3.05, 3.63) is 56.8 Å². The van der Waals surface area contributed by atoms with E-state index in [-0.39, 0.29) is 5.78 Å². The molecule has 0 aliphatic heterocycles. The number of rotatable bonds is 5. The van der Waals surface area contributed by atoms with Crippen molar-refractivity contribution in [1.82, 2.24) is 0 Å². The molecule has 1 aromatic carbocycles.